The van der Waals surface area contributed by atoms with E-state index in [0.717, 1.165) is 24.8 Å². The molecule has 0 saturated carbocycles. The fourth-order valence-electron chi connectivity index (χ4n) is 1.78. The van der Waals surface area contributed by atoms with Crippen molar-refractivity contribution in [1.82, 2.24) is 5.32 Å². The molecule has 0 aliphatic carbocycles. The van der Waals surface area contributed by atoms with E-state index in [9.17, 15) is 9.59 Å². The highest BCUT2D eigenvalue weighted by Crippen LogP contribution is 2.15. The Morgan fingerprint density at radius 1 is 1.20 bits per heavy atom. The summed E-state index contributed by atoms with van der Waals surface area (Å²) in [5.74, 6) is -0.223. The van der Waals surface area contributed by atoms with Crippen molar-refractivity contribution in [2.24, 2.45) is 0 Å². The van der Waals surface area contributed by atoms with Crippen LogP contribution in [0.4, 0.5) is 0 Å². The number of amides is 1. The Morgan fingerprint density at radius 3 is 2.65 bits per heavy atom. The molecule has 1 N–H and O–H groups in total. The van der Waals surface area contributed by atoms with Gasteiger partial charge in [0.05, 0.1) is 13.5 Å². The van der Waals surface area contributed by atoms with Crippen LogP contribution in [0.1, 0.15) is 31.2 Å². The maximum atomic E-state index is 11.7. The van der Waals surface area contributed by atoms with Gasteiger partial charge in [0.15, 0.2) is 0 Å². The van der Waals surface area contributed by atoms with Gasteiger partial charge in [-0.2, -0.15) is 0 Å². The highest BCUT2D eigenvalue weighted by Gasteiger charge is 2.06. The molecule has 1 aromatic rings. The fourth-order valence-corrected chi connectivity index (χ4v) is 1.98. The van der Waals surface area contributed by atoms with Gasteiger partial charge in [0, 0.05) is 18.0 Å². The van der Waals surface area contributed by atoms with Crippen molar-refractivity contribution in [3.8, 4) is 0 Å². The van der Waals surface area contributed by atoms with Gasteiger partial charge in [-0.05, 0) is 24.5 Å². The van der Waals surface area contributed by atoms with E-state index in [1.165, 1.54) is 7.11 Å². The molecule has 0 unspecified atom stereocenters. The molecule has 0 heterocycles. The SMILES string of the molecule is COC(=O)CCCCCNC(=O)Cc1ccccc1Cl. The number of nitrogens with one attached hydrogen (secondary N) is 1. The van der Waals surface area contributed by atoms with E-state index in [-0.39, 0.29) is 11.9 Å². The highest BCUT2D eigenvalue weighted by atomic mass is 35.5. The Morgan fingerprint density at radius 2 is 1.95 bits per heavy atom. The first-order chi connectivity index (χ1) is 9.63. The highest BCUT2D eigenvalue weighted by molar-refractivity contribution is 6.31. The molecule has 0 aliphatic heterocycles. The van der Waals surface area contributed by atoms with Crippen LogP contribution in [0.15, 0.2) is 24.3 Å². The molecule has 0 aliphatic rings. The second-order valence-corrected chi connectivity index (χ2v) is 4.91. The third-order valence-electron chi connectivity index (χ3n) is 2.92. The number of ether oxygens (including phenoxy) is 1. The lowest BCUT2D eigenvalue weighted by Gasteiger charge is -2.06. The standard InChI is InChI=1S/C15H20ClNO3/c1-20-15(19)9-3-2-6-10-17-14(18)11-12-7-4-5-8-13(12)16/h4-5,7-8H,2-3,6,9-11H2,1H3,(H,17,18). The topological polar surface area (TPSA) is 55.4 Å². The minimum absolute atomic E-state index is 0.0360. The summed E-state index contributed by atoms with van der Waals surface area (Å²) in [5.41, 5.74) is 0.831. The predicted molar refractivity (Wildman–Crippen MR) is 78.6 cm³/mol. The van der Waals surface area contributed by atoms with Gasteiger partial charge < -0.3 is 10.1 Å². The van der Waals surface area contributed by atoms with E-state index in [4.69, 9.17) is 11.6 Å². The van der Waals surface area contributed by atoms with Gasteiger partial charge in [-0.3, -0.25) is 9.59 Å². The van der Waals surface area contributed by atoms with Gasteiger partial charge in [0.1, 0.15) is 0 Å². The second-order valence-electron chi connectivity index (χ2n) is 4.50. The molecule has 0 atom stereocenters. The molecule has 0 bridgehead atoms. The Hall–Kier alpha value is -1.55. The smallest absolute Gasteiger partial charge is 0.305 e. The normalized spacial score (nSPS) is 10.1. The molecule has 1 aromatic carbocycles. The third kappa shape index (κ3) is 6.57. The molecule has 0 spiro atoms. The number of rotatable bonds is 8. The number of carbonyl (C=O) groups excluding carboxylic acids is 2. The van der Waals surface area contributed by atoms with Crippen molar-refractivity contribution in [2.45, 2.75) is 32.1 Å². The first kappa shape index (κ1) is 16.5. The number of hydrogen-bond acceptors (Lipinski definition) is 3. The van der Waals surface area contributed by atoms with Crippen molar-refractivity contribution in [1.29, 1.82) is 0 Å². The molecule has 0 radical (unpaired) electrons. The summed E-state index contributed by atoms with van der Waals surface area (Å²) in [6, 6.07) is 7.32. The monoisotopic (exact) mass is 297 g/mol. The Kier molecular flexibility index (Phi) is 7.73. The minimum Gasteiger partial charge on any atom is -0.469 e. The lowest BCUT2D eigenvalue weighted by atomic mass is 10.1. The summed E-state index contributed by atoms with van der Waals surface area (Å²) < 4.78 is 4.55. The molecule has 4 nitrogen and oxygen atoms in total. The molecular weight excluding hydrogens is 278 g/mol. The van der Waals surface area contributed by atoms with Crippen molar-refractivity contribution in [2.75, 3.05) is 13.7 Å². The maximum Gasteiger partial charge on any atom is 0.305 e. The molecule has 1 rings (SSSR count). The van der Waals surface area contributed by atoms with E-state index in [1.54, 1.807) is 6.07 Å². The van der Waals surface area contributed by atoms with Crippen molar-refractivity contribution < 1.29 is 14.3 Å². The van der Waals surface area contributed by atoms with Gasteiger partial charge in [-0.15, -0.1) is 0 Å². The molecular formula is C15H20ClNO3. The average molecular weight is 298 g/mol. The zero-order valence-corrected chi connectivity index (χ0v) is 12.4. The number of hydrogen-bond donors (Lipinski definition) is 1. The van der Waals surface area contributed by atoms with Crippen LogP contribution < -0.4 is 5.32 Å². The van der Waals surface area contributed by atoms with Gasteiger partial charge in [-0.25, -0.2) is 0 Å². The number of carbonyl (C=O) groups is 2. The van der Waals surface area contributed by atoms with Crippen molar-refractivity contribution in [3.63, 3.8) is 0 Å². The zero-order chi connectivity index (χ0) is 14.8. The number of unbranched alkanes of at least 4 members (excludes halogenated alkanes) is 2. The average Bonchev–Trinajstić information content (AvgIpc) is 2.44. The Balaban J connectivity index is 2.12. The van der Waals surface area contributed by atoms with Crippen LogP contribution >= 0.6 is 11.6 Å². The molecule has 0 saturated heterocycles. The van der Waals surface area contributed by atoms with Crippen LogP contribution in [-0.2, 0) is 20.7 Å². The minimum atomic E-state index is -0.187. The predicted octanol–water partition coefficient (Wildman–Crippen LogP) is 2.73. The number of methoxy groups -OCH3 is 1. The largest absolute Gasteiger partial charge is 0.469 e. The van der Waals surface area contributed by atoms with E-state index in [2.05, 4.69) is 10.1 Å². The number of benzene rings is 1. The van der Waals surface area contributed by atoms with E-state index >= 15 is 0 Å². The first-order valence-electron chi connectivity index (χ1n) is 6.70. The molecule has 1 amide bonds. The van der Waals surface area contributed by atoms with Crippen LogP contribution in [-0.4, -0.2) is 25.5 Å². The van der Waals surface area contributed by atoms with E-state index < -0.39 is 0 Å². The summed E-state index contributed by atoms with van der Waals surface area (Å²) in [7, 11) is 1.39. The second kappa shape index (κ2) is 9.37. The summed E-state index contributed by atoms with van der Waals surface area (Å²) in [4.78, 5) is 22.6. The van der Waals surface area contributed by atoms with Crippen LogP contribution in [0.3, 0.4) is 0 Å². The summed E-state index contributed by atoms with van der Waals surface area (Å²) >= 11 is 5.99. The van der Waals surface area contributed by atoms with Crippen LogP contribution in [0, 0.1) is 0 Å². The molecule has 20 heavy (non-hydrogen) atoms. The van der Waals surface area contributed by atoms with Gasteiger partial charge in [-0.1, -0.05) is 36.2 Å². The number of halogens is 1. The quantitative estimate of drug-likeness (QED) is 0.593. The first-order valence-corrected chi connectivity index (χ1v) is 7.08. The fraction of sp³-hybridized carbons (Fsp3) is 0.467. The maximum absolute atomic E-state index is 11.7. The van der Waals surface area contributed by atoms with Gasteiger partial charge in [0.2, 0.25) is 5.91 Å². The zero-order valence-electron chi connectivity index (χ0n) is 11.7. The van der Waals surface area contributed by atoms with Crippen molar-refractivity contribution in [3.05, 3.63) is 34.9 Å². The van der Waals surface area contributed by atoms with Crippen molar-refractivity contribution >= 4 is 23.5 Å². The number of esters is 1. The Labute approximate surface area is 124 Å². The Bertz CT molecular complexity index is 448. The van der Waals surface area contributed by atoms with Gasteiger partial charge in [0.25, 0.3) is 0 Å². The molecule has 110 valence electrons. The summed E-state index contributed by atoms with van der Waals surface area (Å²) in [6.45, 7) is 0.616. The van der Waals surface area contributed by atoms with E-state index in [0.29, 0.717) is 24.4 Å². The molecule has 5 heteroatoms. The summed E-state index contributed by atoms with van der Waals surface area (Å²) in [5, 5.41) is 3.46. The van der Waals surface area contributed by atoms with E-state index in [1.807, 2.05) is 18.2 Å². The third-order valence-corrected chi connectivity index (χ3v) is 3.29. The lowest BCUT2D eigenvalue weighted by molar-refractivity contribution is -0.140. The molecule has 0 aromatic heterocycles. The van der Waals surface area contributed by atoms with Crippen LogP contribution in [0.25, 0.3) is 0 Å². The van der Waals surface area contributed by atoms with Crippen LogP contribution in [0.5, 0.6) is 0 Å². The summed E-state index contributed by atoms with van der Waals surface area (Å²) in [6.07, 6.45) is 3.26. The molecule has 0 fully saturated rings. The lowest BCUT2D eigenvalue weighted by Crippen LogP contribution is -2.26. The van der Waals surface area contributed by atoms with Crippen LogP contribution in [0.2, 0.25) is 5.02 Å². The van der Waals surface area contributed by atoms with Gasteiger partial charge >= 0.3 is 5.97 Å².